The van der Waals surface area contributed by atoms with Gasteiger partial charge in [-0.2, -0.15) is 0 Å². The number of benzene rings is 1. The monoisotopic (exact) mass is 263 g/mol. The highest BCUT2D eigenvalue weighted by molar-refractivity contribution is 5.15. The lowest BCUT2D eigenvalue weighted by Gasteiger charge is -2.35. The number of aryl methyl sites for hydroxylation is 1. The maximum Gasteiger partial charge on any atom is 0.0778 e. The summed E-state index contributed by atoms with van der Waals surface area (Å²) in [6.45, 7) is 10.5. The lowest BCUT2D eigenvalue weighted by atomic mass is 9.92. The second kappa shape index (κ2) is 8.34. The Hall–Kier alpha value is -0.860. The molecule has 1 aromatic rings. The molecule has 2 heteroatoms. The third-order valence-corrected chi connectivity index (χ3v) is 3.56. The van der Waals surface area contributed by atoms with Crippen molar-refractivity contribution in [3.63, 3.8) is 0 Å². The van der Waals surface area contributed by atoms with Crippen LogP contribution in [0.3, 0.4) is 0 Å². The zero-order valence-corrected chi connectivity index (χ0v) is 12.9. The average molecular weight is 263 g/mol. The molecule has 0 aliphatic rings. The quantitative estimate of drug-likeness (QED) is 0.731. The van der Waals surface area contributed by atoms with Crippen molar-refractivity contribution in [2.45, 2.75) is 58.6 Å². The lowest BCUT2D eigenvalue weighted by molar-refractivity contribution is -0.0399. The molecule has 0 aliphatic heterocycles. The highest BCUT2D eigenvalue weighted by atomic mass is 16.5. The Morgan fingerprint density at radius 2 is 1.84 bits per heavy atom. The number of hydrogen-bond acceptors (Lipinski definition) is 2. The van der Waals surface area contributed by atoms with E-state index in [4.69, 9.17) is 4.74 Å². The van der Waals surface area contributed by atoms with Gasteiger partial charge in [-0.15, -0.1) is 0 Å². The SMILES string of the molecule is CCCNC(CCc1ccccc1)C(C)(C)OCC. The maximum absolute atomic E-state index is 5.91. The van der Waals surface area contributed by atoms with Crippen LogP contribution in [0, 0.1) is 0 Å². The van der Waals surface area contributed by atoms with E-state index >= 15 is 0 Å². The Kier molecular flexibility index (Phi) is 7.11. The molecule has 0 amide bonds. The molecule has 1 N–H and O–H groups in total. The number of hydrogen-bond donors (Lipinski definition) is 1. The van der Waals surface area contributed by atoms with Crippen LogP contribution >= 0.6 is 0 Å². The molecule has 1 rings (SSSR count). The molecule has 19 heavy (non-hydrogen) atoms. The number of ether oxygens (including phenoxy) is 1. The van der Waals surface area contributed by atoms with E-state index in [1.54, 1.807) is 0 Å². The van der Waals surface area contributed by atoms with Gasteiger partial charge in [-0.25, -0.2) is 0 Å². The van der Waals surface area contributed by atoms with Crippen molar-refractivity contribution < 1.29 is 4.74 Å². The molecule has 0 radical (unpaired) electrons. The van der Waals surface area contributed by atoms with Crippen molar-refractivity contribution in [3.05, 3.63) is 35.9 Å². The van der Waals surface area contributed by atoms with Gasteiger partial charge >= 0.3 is 0 Å². The van der Waals surface area contributed by atoms with Gasteiger partial charge in [-0.3, -0.25) is 0 Å². The molecule has 0 heterocycles. The Bertz CT molecular complexity index is 334. The van der Waals surface area contributed by atoms with E-state index in [0.717, 1.165) is 32.4 Å². The fourth-order valence-corrected chi connectivity index (χ4v) is 2.44. The predicted octanol–water partition coefficient (Wildman–Crippen LogP) is 3.80. The molecule has 0 fully saturated rings. The smallest absolute Gasteiger partial charge is 0.0778 e. The molecule has 0 saturated heterocycles. The van der Waals surface area contributed by atoms with Crippen LogP contribution in [-0.4, -0.2) is 24.8 Å². The first kappa shape index (κ1) is 16.2. The fraction of sp³-hybridized carbons (Fsp3) is 0.647. The topological polar surface area (TPSA) is 21.3 Å². The first-order chi connectivity index (χ1) is 9.10. The van der Waals surface area contributed by atoms with Crippen molar-refractivity contribution in [1.82, 2.24) is 5.32 Å². The van der Waals surface area contributed by atoms with Crippen molar-refractivity contribution in [2.24, 2.45) is 0 Å². The van der Waals surface area contributed by atoms with Gasteiger partial charge in [0, 0.05) is 12.6 Å². The molecule has 0 saturated carbocycles. The Morgan fingerprint density at radius 3 is 2.42 bits per heavy atom. The van der Waals surface area contributed by atoms with Gasteiger partial charge in [0.2, 0.25) is 0 Å². The summed E-state index contributed by atoms with van der Waals surface area (Å²) >= 11 is 0. The second-order valence-corrected chi connectivity index (χ2v) is 5.57. The van der Waals surface area contributed by atoms with E-state index in [9.17, 15) is 0 Å². The first-order valence-corrected chi connectivity index (χ1v) is 7.51. The van der Waals surface area contributed by atoms with Crippen molar-refractivity contribution in [3.8, 4) is 0 Å². The summed E-state index contributed by atoms with van der Waals surface area (Å²) in [6, 6.07) is 11.1. The summed E-state index contributed by atoms with van der Waals surface area (Å²) in [7, 11) is 0. The van der Waals surface area contributed by atoms with E-state index in [1.165, 1.54) is 5.56 Å². The maximum atomic E-state index is 5.91. The van der Waals surface area contributed by atoms with Crippen LogP contribution in [-0.2, 0) is 11.2 Å². The van der Waals surface area contributed by atoms with E-state index < -0.39 is 0 Å². The number of nitrogens with one attached hydrogen (secondary N) is 1. The van der Waals surface area contributed by atoms with Crippen LogP contribution in [0.2, 0.25) is 0 Å². The molecular weight excluding hydrogens is 234 g/mol. The number of rotatable bonds is 9. The highest BCUT2D eigenvalue weighted by Gasteiger charge is 2.29. The minimum absolute atomic E-state index is 0.112. The fourth-order valence-electron chi connectivity index (χ4n) is 2.44. The van der Waals surface area contributed by atoms with Crippen molar-refractivity contribution >= 4 is 0 Å². The van der Waals surface area contributed by atoms with Crippen LogP contribution in [0.4, 0.5) is 0 Å². The normalized spacial score (nSPS) is 13.5. The summed E-state index contributed by atoms with van der Waals surface area (Å²) in [5, 5.41) is 3.64. The van der Waals surface area contributed by atoms with E-state index in [0.29, 0.717) is 6.04 Å². The van der Waals surface area contributed by atoms with Crippen molar-refractivity contribution in [2.75, 3.05) is 13.2 Å². The summed E-state index contributed by atoms with van der Waals surface area (Å²) in [4.78, 5) is 0. The van der Waals surface area contributed by atoms with Crippen LogP contribution < -0.4 is 5.32 Å². The molecule has 2 nitrogen and oxygen atoms in total. The van der Waals surface area contributed by atoms with E-state index in [-0.39, 0.29) is 5.60 Å². The van der Waals surface area contributed by atoms with Crippen LogP contribution in [0.5, 0.6) is 0 Å². The van der Waals surface area contributed by atoms with Gasteiger partial charge in [-0.1, -0.05) is 37.3 Å². The predicted molar refractivity (Wildman–Crippen MR) is 82.5 cm³/mol. The zero-order valence-electron chi connectivity index (χ0n) is 12.9. The highest BCUT2D eigenvalue weighted by Crippen LogP contribution is 2.19. The van der Waals surface area contributed by atoms with Crippen LogP contribution in [0.15, 0.2) is 30.3 Å². The first-order valence-electron chi connectivity index (χ1n) is 7.51. The van der Waals surface area contributed by atoms with E-state index in [1.807, 2.05) is 0 Å². The molecule has 1 aromatic carbocycles. The average Bonchev–Trinajstić information content (AvgIpc) is 2.39. The summed E-state index contributed by atoms with van der Waals surface area (Å²) in [5.74, 6) is 0. The van der Waals surface area contributed by atoms with Crippen LogP contribution in [0.1, 0.15) is 46.1 Å². The second-order valence-electron chi connectivity index (χ2n) is 5.57. The third kappa shape index (κ3) is 5.75. The van der Waals surface area contributed by atoms with Gasteiger partial charge in [0.05, 0.1) is 5.60 Å². The molecule has 0 spiro atoms. The Balaban J connectivity index is 2.58. The lowest BCUT2D eigenvalue weighted by Crippen LogP contribution is -2.49. The van der Waals surface area contributed by atoms with Gasteiger partial charge in [0.1, 0.15) is 0 Å². The largest absolute Gasteiger partial charge is 0.374 e. The van der Waals surface area contributed by atoms with E-state index in [2.05, 4.69) is 63.3 Å². The molecule has 0 aliphatic carbocycles. The minimum atomic E-state index is -0.112. The Morgan fingerprint density at radius 1 is 1.16 bits per heavy atom. The van der Waals surface area contributed by atoms with Gasteiger partial charge in [-0.05, 0) is 52.1 Å². The summed E-state index contributed by atoms with van der Waals surface area (Å²) in [6.07, 6.45) is 3.36. The van der Waals surface area contributed by atoms with Gasteiger partial charge in [0.25, 0.3) is 0 Å². The standard InChI is InChI=1S/C17H29NO/c1-5-14-18-16(17(3,4)19-6-2)13-12-15-10-8-7-9-11-15/h7-11,16,18H,5-6,12-14H2,1-4H3. The molecule has 0 bridgehead atoms. The molecule has 1 atom stereocenters. The molecule has 0 aromatic heterocycles. The molecule has 108 valence electrons. The minimum Gasteiger partial charge on any atom is -0.374 e. The third-order valence-electron chi connectivity index (χ3n) is 3.56. The molecular formula is C17H29NO. The van der Waals surface area contributed by atoms with Gasteiger partial charge < -0.3 is 10.1 Å². The summed E-state index contributed by atoms with van der Waals surface area (Å²) < 4.78 is 5.91. The molecule has 1 unspecified atom stereocenters. The van der Waals surface area contributed by atoms with Crippen molar-refractivity contribution in [1.29, 1.82) is 0 Å². The summed E-state index contributed by atoms with van der Waals surface area (Å²) in [5.41, 5.74) is 1.29. The zero-order chi connectivity index (χ0) is 14.1. The van der Waals surface area contributed by atoms with Gasteiger partial charge in [0.15, 0.2) is 0 Å². The van der Waals surface area contributed by atoms with Crippen LogP contribution in [0.25, 0.3) is 0 Å². The Labute approximate surface area is 118 Å².